The number of thioether (sulfide) groups is 2. The maximum Gasteiger partial charge on any atom is 0.329 e. The van der Waals surface area contributed by atoms with E-state index in [1.165, 1.54) is 54.1 Å². The Labute approximate surface area is 255 Å². The maximum atomic E-state index is 13.3. The molecule has 41 heavy (non-hydrogen) atoms. The van der Waals surface area contributed by atoms with Gasteiger partial charge in [0.25, 0.3) is 0 Å². The van der Waals surface area contributed by atoms with Crippen LogP contribution in [0.15, 0.2) is 22.5 Å². The lowest BCUT2D eigenvalue weighted by atomic mass is 10.0. The fourth-order valence-electron chi connectivity index (χ4n) is 4.26. The fourth-order valence-corrected chi connectivity index (χ4v) is 6.96. The van der Waals surface area contributed by atoms with Gasteiger partial charge in [0.15, 0.2) is 5.12 Å². The molecule has 2 amide bonds. The number of nitrogens with one attached hydrogen (secondary N) is 2. The summed E-state index contributed by atoms with van der Waals surface area (Å²) in [5.74, 6) is -0.424. The van der Waals surface area contributed by atoms with E-state index in [0.717, 1.165) is 17.8 Å². The van der Waals surface area contributed by atoms with Gasteiger partial charge in [-0.15, -0.1) is 23.1 Å². The van der Waals surface area contributed by atoms with Gasteiger partial charge in [0.2, 0.25) is 11.8 Å². The molecule has 226 valence electrons. The standard InChI is InChI=1S/C29H42N4O5S3/c1-5-6-7-8-9-13-24(35)39-14-11-10-12-20-15-22(34)30-16-23-31-21(17-40-23)26-33-29(4,18-41-26)28(37)32-25(19(2)3)27(36)38-20/h10,12,17,19-20,25H,5-9,11,13-16,18H2,1-4H3,(H,30,34)(H,32,37)/b12-10+/t20-,25-,29-/m0/s1. The first-order chi connectivity index (χ1) is 19.6. The van der Waals surface area contributed by atoms with E-state index in [1.54, 1.807) is 13.0 Å². The number of rotatable bonds is 11. The number of esters is 1. The Kier molecular flexibility index (Phi) is 13.4. The van der Waals surface area contributed by atoms with E-state index < -0.39 is 23.7 Å². The number of allylic oxidation sites excluding steroid dienone is 1. The van der Waals surface area contributed by atoms with E-state index in [0.29, 0.717) is 35.1 Å². The Morgan fingerprint density at radius 3 is 2.78 bits per heavy atom. The summed E-state index contributed by atoms with van der Waals surface area (Å²) in [7, 11) is 0. The third-order valence-electron chi connectivity index (χ3n) is 6.78. The highest BCUT2D eigenvalue weighted by Crippen LogP contribution is 2.32. The largest absolute Gasteiger partial charge is 0.456 e. The molecule has 0 aliphatic carbocycles. The Morgan fingerprint density at radius 2 is 2.02 bits per heavy atom. The number of amides is 2. The van der Waals surface area contributed by atoms with Gasteiger partial charge in [0, 0.05) is 23.3 Å². The fraction of sp³-hybridized carbons (Fsp3) is 0.655. The monoisotopic (exact) mass is 622 g/mol. The number of aliphatic imine (C=N–C) groups is 1. The normalized spacial score (nSPS) is 23.8. The molecule has 0 unspecified atom stereocenters. The van der Waals surface area contributed by atoms with Crippen molar-refractivity contribution < 1.29 is 23.9 Å². The molecule has 0 saturated carbocycles. The minimum atomic E-state index is -1.04. The Morgan fingerprint density at radius 1 is 1.24 bits per heavy atom. The molecule has 9 nitrogen and oxygen atoms in total. The zero-order chi connectivity index (χ0) is 29.8. The van der Waals surface area contributed by atoms with E-state index in [2.05, 4.69) is 27.5 Å². The lowest BCUT2D eigenvalue weighted by molar-refractivity contribution is -0.153. The Bertz CT molecular complexity index is 1140. The molecule has 3 heterocycles. The van der Waals surface area contributed by atoms with Gasteiger partial charge in [-0.1, -0.05) is 64.3 Å². The van der Waals surface area contributed by atoms with Crippen LogP contribution in [0.1, 0.15) is 89.8 Å². The highest BCUT2D eigenvalue weighted by Gasteiger charge is 2.41. The van der Waals surface area contributed by atoms with Crippen molar-refractivity contribution in [1.29, 1.82) is 0 Å². The van der Waals surface area contributed by atoms with Crippen LogP contribution in [0.25, 0.3) is 0 Å². The molecular weight excluding hydrogens is 581 g/mol. The lowest BCUT2D eigenvalue weighted by Gasteiger charge is -2.27. The van der Waals surface area contributed by atoms with Crippen molar-refractivity contribution in [2.24, 2.45) is 10.9 Å². The summed E-state index contributed by atoms with van der Waals surface area (Å²) in [6.07, 6.45) is 9.42. The highest BCUT2D eigenvalue weighted by atomic mass is 32.2. The molecule has 0 fully saturated rings. The minimum absolute atomic E-state index is 0.0661. The van der Waals surface area contributed by atoms with Gasteiger partial charge in [-0.05, 0) is 31.8 Å². The van der Waals surface area contributed by atoms with E-state index >= 15 is 0 Å². The minimum Gasteiger partial charge on any atom is -0.456 e. The number of hydrogen-bond donors (Lipinski definition) is 2. The molecule has 1 aromatic heterocycles. The van der Waals surface area contributed by atoms with Crippen LogP contribution >= 0.6 is 34.9 Å². The van der Waals surface area contributed by atoms with Crippen LogP contribution in [0.4, 0.5) is 0 Å². The number of nitrogens with zero attached hydrogens (tertiary/aromatic N) is 2. The summed E-state index contributed by atoms with van der Waals surface area (Å²) in [5, 5.41) is 9.17. The molecule has 0 spiro atoms. The van der Waals surface area contributed by atoms with Crippen molar-refractivity contribution in [1.82, 2.24) is 15.6 Å². The summed E-state index contributed by atoms with van der Waals surface area (Å²) >= 11 is 4.18. The summed E-state index contributed by atoms with van der Waals surface area (Å²) < 4.78 is 5.77. The second kappa shape index (κ2) is 16.5. The maximum absolute atomic E-state index is 13.3. The van der Waals surface area contributed by atoms with Crippen molar-refractivity contribution in [3.63, 3.8) is 0 Å². The van der Waals surface area contributed by atoms with Gasteiger partial charge >= 0.3 is 5.97 Å². The van der Waals surface area contributed by atoms with Crippen LogP contribution in [-0.2, 0) is 30.5 Å². The molecule has 0 saturated heterocycles. The summed E-state index contributed by atoms with van der Waals surface area (Å²) in [6, 6.07) is -0.896. The Balaban J connectivity index is 1.66. The third kappa shape index (κ3) is 10.6. The SMILES string of the molecule is CCCCCCCC(=O)SCC/C=C/[C@H]1CC(=O)NCc2nc(cs2)C2=N[C@@](C)(CS2)C(=O)N[C@@H](C(C)C)C(=O)O1. The number of thiazole rings is 1. The number of aromatic nitrogens is 1. The Hall–Kier alpha value is -2.18. The number of carbonyl (C=O) groups is 4. The van der Waals surface area contributed by atoms with Crippen molar-refractivity contribution in [2.45, 2.75) is 103 Å². The smallest absolute Gasteiger partial charge is 0.329 e. The summed E-state index contributed by atoms with van der Waals surface area (Å²) in [5.41, 5.74) is -0.354. The van der Waals surface area contributed by atoms with Crippen LogP contribution in [0, 0.1) is 5.92 Å². The molecule has 2 aliphatic rings. The molecule has 4 bridgehead atoms. The van der Waals surface area contributed by atoms with E-state index in [1.807, 2.05) is 25.3 Å². The van der Waals surface area contributed by atoms with E-state index in [9.17, 15) is 19.2 Å². The quantitative estimate of drug-likeness (QED) is 0.200. The first-order valence-corrected chi connectivity index (χ1v) is 17.2. The van der Waals surface area contributed by atoms with E-state index in [4.69, 9.17) is 4.74 Å². The first kappa shape index (κ1) is 33.3. The number of carbonyl (C=O) groups excluding carboxylic acids is 4. The number of unbranched alkanes of at least 4 members (excludes halogenated alkanes) is 4. The predicted octanol–water partition coefficient (Wildman–Crippen LogP) is 5.03. The average molecular weight is 623 g/mol. The molecule has 12 heteroatoms. The van der Waals surface area contributed by atoms with Gasteiger partial charge in [-0.2, -0.15) is 0 Å². The van der Waals surface area contributed by atoms with Crippen LogP contribution in [0.5, 0.6) is 0 Å². The van der Waals surface area contributed by atoms with E-state index in [-0.39, 0.29) is 35.8 Å². The zero-order valence-electron chi connectivity index (χ0n) is 24.4. The van der Waals surface area contributed by atoms with Crippen LogP contribution in [-0.4, -0.2) is 62.1 Å². The zero-order valence-corrected chi connectivity index (χ0v) is 26.9. The van der Waals surface area contributed by atoms with Crippen molar-refractivity contribution in [3.05, 3.63) is 28.2 Å². The predicted molar refractivity (Wildman–Crippen MR) is 167 cm³/mol. The van der Waals surface area contributed by atoms with Crippen LogP contribution in [0.2, 0.25) is 0 Å². The third-order valence-corrected chi connectivity index (χ3v) is 9.87. The molecule has 3 atom stereocenters. The second-order valence-corrected chi connectivity index (χ2v) is 13.9. The van der Waals surface area contributed by atoms with Gasteiger partial charge in [-0.3, -0.25) is 19.4 Å². The average Bonchev–Trinajstić information content (AvgIpc) is 3.56. The number of fused-ring (bicyclic) bond motifs is 4. The molecule has 3 rings (SSSR count). The van der Waals surface area contributed by atoms with Gasteiger partial charge in [0.05, 0.1) is 13.0 Å². The number of hydrogen-bond acceptors (Lipinski definition) is 10. The number of cyclic esters (lactones) is 1. The number of ether oxygens (including phenoxy) is 1. The topological polar surface area (TPSA) is 127 Å². The summed E-state index contributed by atoms with van der Waals surface area (Å²) in [6.45, 7) is 7.83. The lowest BCUT2D eigenvalue weighted by Crippen LogP contribution is -2.53. The highest BCUT2D eigenvalue weighted by molar-refractivity contribution is 8.14. The molecule has 2 aliphatic heterocycles. The van der Waals surface area contributed by atoms with Crippen LogP contribution < -0.4 is 10.6 Å². The molecular formula is C29H42N4O5S3. The van der Waals surface area contributed by atoms with Gasteiger partial charge in [0.1, 0.15) is 33.4 Å². The van der Waals surface area contributed by atoms with Gasteiger partial charge in [-0.25, -0.2) is 9.78 Å². The van der Waals surface area contributed by atoms with Crippen molar-refractivity contribution in [2.75, 3.05) is 11.5 Å². The second-order valence-electron chi connectivity index (χ2n) is 10.9. The molecule has 2 N–H and O–H groups in total. The van der Waals surface area contributed by atoms with Crippen LogP contribution in [0.3, 0.4) is 0 Å². The molecule has 0 radical (unpaired) electrons. The summed E-state index contributed by atoms with van der Waals surface area (Å²) in [4.78, 5) is 60.7. The molecule has 0 aromatic carbocycles. The van der Waals surface area contributed by atoms with Crippen molar-refractivity contribution in [3.8, 4) is 0 Å². The van der Waals surface area contributed by atoms with Crippen molar-refractivity contribution >= 4 is 62.8 Å². The first-order valence-electron chi connectivity index (χ1n) is 14.4. The molecule has 1 aromatic rings. The van der Waals surface area contributed by atoms with Gasteiger partial charge < -0.3 is 15.4 Å².